The fourth-order valence-electron chi connectivity index (χ4n) is 3.34. The van der Waals surface area contributed by atoms with Crippen LogP contribution in [-0.4, -0.2) is 22.4 Å². The zero-order valence-corrected chi connectivity index (χ0v) is 18.3. The zero-order valence-electron chi connectivity index (χ0n) is 17.5. The Morgan fingerprint density at radius 1 is 1.00 bits per heavy atom. The molecule has 0 unspecified atom stereocenters. The average molecular weight is 429 g/mol. The number of nitrogens with zero attached hydrogens (tertiary/aromatic N) is 3. The molecule has 0 spiro atoms. The van der Waals surface area contributed by atoms with Crippen molar-refractivity contribution in [2.45, 2.75) is 19.9 Å². The highest BCUT2D eigenvalue weighted by Crippen LogP contribution is 2.29. The second-order valence-electron chi connectivity index (χ2n) is 7.09. The number of thiophene rings is 1. The Morgan fingerprint density at radius 3 is 2.42 bits per heavy atom. The predicted octanol–water partition coefficient (Wildman–Crippen LogP) is 6.04. The lowest BCUT2D eigenvalue weighted by atomic mass is 10.1. The minimum Gasteiger partial charge on any atom is -0.348 e. The number of benzene rings is 2. The van der Waals surface area contributed by atoms with Crippen molar-refractivity contribution in [3.8, 4) is 10.4 Å². The number of carbonyl (C=O) groups is 1. The maximum Gasteiger partial charge on any atom is 0.269 e. The standard InChI is InChI=1S/C25H24N4OS/c1-3-29(24(30)22-15-14-21(31-22)20-12-8-5-9-13-20)23-16-17-26-25(28-23)27-18(2)19-10-6-4-7-11-19/h4-18H,3H2,1-2H3,(H,26,27,28)/t18-/m1/s1. The van der Waals surface area contributed by atoms with Crippen LogP contribution >= 0.6 is 11.3 Å². The molecule has 0 fully saturated rings. The third-order valence-electron chi connectivity index (χ3n) is 5.00. The van der Waals surface area contributed by atoms with E-state index in [1.165, 1.54) is 11.3 Å². The molecule has 0 bridgehead atoms. The first kappa shape index (κ1) is 20.8. The average Bonchev–Trinajstić information content (AvgIpc) is 3.31. The Labute approximate surface area is 186 Å². The lowest BCUT2D eigenvalue weighted by Crippen LogP contribution is -2.31. The van der Waals surface area contributed by atoms with E-state index in [-0.39, 0.29) is 11.9 Å². The highest BCUT2D eigenvalue weighted by Gasteiger charge is 2.20. The number of amides is 1. The van der Waals surface area contributed by atoms with Crippen LogP contribution in [0.25, 0.3) is 10.4 Å². The summed E-state index contributed by atoms with van der Waals surface area (Å²) in [7, 11) is 0. The molecule has 2 heterocycles. The van der Waals surface area contributed by atoms with Crippen molar-refractivity contribution in [1.29, 1.82) is 0 Å². The summed E-state index contributed by atoms with van der Waals surface area (Å²) in [5, 5.41) is 3.32. The Bertz CT molecular complexity index is 1140. The van der Waals surface area contributed by atoms with Crippen LogP contribution in [0.15, 0.2) is 85.1 Å². The van der Waals surface area contributed by atoms with Gasteiger partial charge in [0.25, 0.3) is 5.91 Å². The monoisotopic (exact) mass is 428 g/mol. The SMILES string of the molecule is CCN(C(=O)c1ccc(-c2ccccc2)s1)c1ccnc(N[C@H](C)c2ccccc2)n1. The van der Waals surface area contributed by atoms with Crippen molar-refractivity contribution in [2.75, 3.05) is 16.8 Å². The molecule has 1 atom stereocenters. The van der Waals surface area contributed by atoms with E-state index in [4.69, 9.17) is 0 Å². The van der Waals surface area contributed by atoms with Crippen LogP contribution in [-0.2, 0) is 0 Å². The minimum atomic E-state index is -0.0598. The molecule has 0 radical (unpaired) electrons. The highest BCUT2D eigenvalue weighted by atomic mass is 32.1. The summed E-state index contributed by atoms with van der Waals surface area (Å²) >= 11 is 1.49. The van der Waals surface area contributed by atoms with Gasteiger partial charge in [0.15, 0.2) is 0 Å². The van der Waals surface area contributed by atoms with E-state index in [1.807, 2.05) is 67.6 Å². The molecule has 31 heavy (non-hydrogen) atoms. The molecular formula is C25H24N4OS. The zero-order chi connectivity index (χ0) is 21.6. The van der Waals surface area contributed by atoms with E-state index in [9.17, 15) is 4.79 Å². The molecule has 2 aromatic heterocycles. The summed E-state index contributed by atoms with van der Waals surface area (Å²) in [5.74, 6) is 1.02. The number of carbonyl (C=O) groups excluding carboxylic acids is 1. The fraction of sp³-hybridized carbons (Fsp3) is 0.160. The Kier molecular flexibility index (Phi) is 6.38. The van der Waals surface area contributed by atoms with E-state index >= 15 is 0 Å². The van der Waals surface area contributed by atoms with E-state index in [1.54, 1.807) is 17.2 Å². The predicted molar refractivity (Wildman–Crippen MR) is 128 cm³/mol. The first-order valence-corrected chi connectivity index (χ1v) is 11.1. The third-order valence-corrected chi connectivity index (χ3v) is 6.12. The van der Waals surface area contributed by atoms with Gasteiger partial charge in [-0.25, -0.2) is 4.98 Å². The van der Waals surface area contributed by atoms with Crippen molar-refractivity contribution in [3.05, 3.63) is 95.5 Å². The molecule has 156 valence electrons. The number of hydrogen-bond acceptors (Lipinski definition) is 5. The van der Waals surface area contributed by atoms with Crippen LogP contribution in [0, 0.1) is 0 Å². The lowest BCUT2D eigenvalue weighted by Gasteiger charge is -2.20. The molecular weight excluding hydrogens is 404 g/mol. The van der Waals surface area contributed by atoms with Crippen LogP contribution in [0.4, 0.5) is 11.8 Å². The molecule has 0 aliphatic carbocycles. The second kappa shape index (κ2) is 9.53. The molecule has 4 rings (SSSR count). The summed E-state index contributed by atoms with van der Waals surface area (Å²) in [4.78, 5) is 25.6. The van der Waals surface area contributed by atoms with Gasteiger partial charge >= 0.3 is 0 Å². The molecule has 4 aromatic rings. The van der Waals surface area contributed by atoms with Gasteiger partial charge in [-0.3, -0.25) is 9.69 Å². The van der Waals surface area contributed by atoms with Crippen molar-refractivity contribution in [3.63, 3.8) is 0 Å². The van der Waals surface area contributed by atoms with Crippen LogP contribution in [0.1, 0.15) is 35.1 Å². The van der Waals surface area contributed by atoms with Crippen molar-refractivity contribution < 1.29 is 4.79 Å². The van der Waals surface area contributed by atoms with Gasteiger partial charge in [0.1, 0.15) is 5.82 Å². The Balaban J connectivity index is 1.53. The third kappa shape index (κ3) is 4.81. The van der Waals surface area contributed by atoms with Crippen LogP contribution in [0.3, 0.4) is 0 Å². The Morgan fingerprint density at radius 2 is 1.71 bits per heavy atom. The molecule has 5 nitrogen and oxygen atoms in total. The van der Waals surface area contributed by atoms with Gasteiger partial charge in [0.05, 0.1) is 10.9 Å². The fourth-order valence-corrected chi connectivity index (χ4v) is 4.30. The smallest absolute Gasteiger partial charge is 0.269 e. The number of nitrogens with one attached hydrogen (secondary N) is 1. The van der Waals surface area contributed by atoms with Crippen LogP contribution in [0.2, 0.25) is 0 Å². The van der Waals surface area contributed by atoms with Gasteiger partial charge in [0, 0.05) is 17.6 Å². The molecule has 0 aliphatic heterocycles. The first-order valence-electron chi connectivity index (χ1n) is 10.3. The molecule has 6 heteroatoms. The van der Waals surface area contributed by atoms with Gasteiger partial charge < -0.3 is 5.32 Å². The number of rotatable bonds is 7. The van der Waals surface area contributed by atoms with Crippen molar-refractivity contribution >= 4 is 29.0 Å². The van der Waals surface area contributed by atoms with Gasteiger partial charge in [-0.1, -0.05) is 60.7 Å². The summed E-state index contributed by atoms with van der Waals surface area (Å²) in [6.45, 7) is 4.53. The maximum atomic E-state index is 13.2. The maximum absolute atomic E-state index is 13.2. The van der Waals surface area contributed by atoms with E-state index in [0.29, 0.717) is 23.2 Å². The lowest BCUT2D eigenvalue weighted by molar-refractivity contribution is 0.0991. The molecule has 0 aliphatic rings. The number of aromatic nitrogens is 2. The number of anilines is 2. The minimum absolute atomic E-state index is 0.0490. The molecule has 1 amide bonds. The molecule has 1 N–H and O–H groups in total. The van der Waals surface area contributed by atoms with Gasteiger partial charge in [-0.05, 0) is 43.2 Å². The Hall–Kier alpha value is -3.51. The summed E-state index contributed by atoms with van der Waals surface area (Å²) in [5.41, 5.74) is 2.25. The van der Waals surface area contributed by atoms with E-state index in [2.05, 4.69) is 34.3 Å². The quantitative estimate of drug-likeness (QED) is 0.390. The topological polar surface area (TPSA) is 58.1 Å². The first-order chi connectivity index (χ1) is 15.2. The number of hydrogen-bond donors (Lipinski definition) is 1. The molecule has 2 aromatic carbocycles. The van der Waals surface area contributed by atoms with Crippen molar-refractivity contribution in [1.82, 2.24) is 9.97 Å². The van der Waals surface area contributed by atoms with E-state index < -0.39 is 0 Å². The van der Waals surface area contributed by atoms with E-state index in [0.717, 1.165) is 16.0 Å². The van der Waals surface area contributed by atoms with Crippen LogP contribution in [0.5, 0.6) is 0 Å². The van der Waals surface area contributed by atoms with Crippen molar-refractivity contribution in [2.24, 2.45) is 0 Å². The summed E-state index contributed by atoms with van der Waals surface area (Å²) < 4.78 is 0. The van der Waals surface area contributed by atoms with Crippen LogP contribution < -0.4 is 10.2 Å². The van der Waals surface area contributed by atoms with Gasteiger partial charge in [0.2, 0.25) is 5.95 Å². The molecule has 0 saturated carbocycles. The van der Waals surface area contributed by atoms with Gasteiger partial charge in [-0.2, -0.15) is 4.98 Å². The van der Waals surface area contributed by atoms with Gasteiger partial charge in [-0.15, -0.1) is 11.3 Å². The summed E-state index contributed by atoms with van der Waals surface area (Å²) in [6, 6.07) is 25.9. The largest absolute Gasteiger partial charge is 0.348 e. The molecule has 0 saturated heterocycles. The summed E-state index contributed by atoms with van der Waals surface area (Å²) in [6.07, 6.45) is 1.68. The second-order valence-corrected chi connectivity index (χ2v) is 8.18. The normalized spacial score (nSPS) is 11.7. The highest BCUT2D eigenvalue weighted by molar-refractivity contribution is 7.17.